The van der Waals surface area contributed by atoms with E-state index in [2.05, 4.69) is 31.9 Å². The van der Waals surface area contributed by atoms with E-state index in [0.717, 1.165) is 19.3 Å². The van der Waals surface area contributed by atoms with Crippen molar-refractivity contribution in [2.75, 3.05) is 14.2 Å². The molecule has 0 bridgehead atoms. The Morgan fingerprint density at radius 1 is 1.00 bits per heavy atom. The highest BCUT2D eigenvalue weighted by Crippen LogP contribution is 2.15. The second-order valence-electron chi connectivity index (χ2n) is 2.22. The fraction of sp³-hybridized carbons (Fsp3) is 1.00. The quantitative estimate of drug-likeness (QED) is 0.700. The predicted octanol–water partition coefficient (Wildman–Crippen LogP) is 2.89. The normalized spacial score (nSPS) is 16.4. The van der Waals surface area contributed by atoms with E-state index in [-0.39, 0.29) is 10.0 Å². The Balaban J connectivity index is 3.13. The molecule has 11 heavy (non-hydrogen) atoms. The molecule has 0 heterocycles. The van der Waals surface area contributed by atoms with Crippen LogP contribution in [0, 0.1) is 0 Å². The predicted molar refractivity (Wildman–Crippen MR) is 53.3 cm³/mol. The summed E-state index contributed by atoms with van der Waals surface area (Å²) in [6.07, 6.45) is 3.12. The highest BCUT2D eigenvalue weighted by atomic mass is 79.9. The average molecular weight is 290 g/mol. The monoisotopic (exact) mass is 288 g/mol. The molecule has 0 spiro atoms. The van der Waals surface area contributed by atoms with Crippen LogP contribution < -0.4 is 0 Å². The van der Waals surface area contributed by atoms with E-state index >= 15 is 0 Å². The summed E-state index contributed by atoms with van der Waals surface area (Å²) in [4.78, 5) is 0. The summed E-state index contributed by atoms with van der Waals surface area (Å²) in [5, 5.41) is 0.359. The van der Waals surface area contributed by atoms with E-state index in [1.54, 1.807) is 14.2 Å². The Morgan fingerprint density at radius 3 is 1.64 bits per heavy atom. The zero-order chi connectivity index (χ0) is 8.69. The Bertz CT molecular complexity index is 80.5. The Hall–Kier alpha value is 0.880. The minimum Gasteiger partial charge on any atom is -0.370 e. The molecule has 0 aliphatic carbocycles. The molecule has 0 rings (SSSR count). The molecule has 0 aliphatic rings. The Morgan fingerprint density at radius 2 is 1.36 bits per heavy atom. The molecule has 2 nitrogen and oxygen atoms in total. The van der Waals surface area contributed by atoms with Crippen molar-refractivity contribution in [2.45, 2.75) is 29.3 Å². The number of hydrogen-bond acceptors (Lipinski definition) is 2. The lowest BCUT2D eigenvalue weighted by molar-refractivity contribution is 0.148. The lowest BCUT2D eigenvalue weighted by Gasteiger charge is -2.09. The van der Waals surface area contributed by atoms with Gasteiger partial charge in [0.15, 0.2) is 0 Å². The van der Waals surface area contributed by atoms with Gasteiger partial charge in [-0.1, -0.05) is 31.9 Å². The third kappa shape index (κ3) is 7.25. The van der Waals surface area contributed by atoms with E-state index in [1.807, 2.05) is 0 Å². The van der Waals surface area contributed by atoms with E-state index in [1.165, 1.54) is 0 Å². The zero-order valence-electron chi connectivity index (χ0n) is 6.85. The first-order valence-electron chi connectivity index (χ1n) is 3.54. The topological polar surface area (TPSA) is 18.5 Å². The van der Waals surface area contributed by atoms with Crippen LogP contribution >= 0.6 is 31.9 Å². The van der Waals surface area contributed by atoms with Gasteiger partial charge in [0, 0.05) is 14.2 Å². The lowest BCUT2D eigenvalue weighted by atomic mass is 10.2. The standard InChI is InChI=1S/C7H14Br2O2/c1-10-6(8)4-3-5-7(9)11-2/h6-7H,3-5H2,1-2H3. The van der Waals surface area contributed by atoms with Gasteiger partial charge in [-0.25, -0.2) is 0 Å². The summed E-state index contributed by atoms with van der Waals surface area (Å²) in [7, 11) is 3.39. The minimum atomic E-state index is 0.180. The van der Waals surface area contributed by atoms with Crippen LogP contribution in [0.1, 0.15) is 19.3 Å². The van der Waals surface area contributed by atoms with E-state index < -0.39 is 0 Å². The molecular weight excluding hydrogens is 276 g/mol. The first-order valence-corrected chi connectivity index (χ1v) is 5.37. The van der Waals surface area contributed by atoms with Crippen LogP contribution in [0.5, 0.6) is 0 Å². The number of halogens is 2. The summed E-state index contributed by atoms with van der Waals surface area (Å²) in [5.41, 5.74) is 0. The molecule has 0 aromatic carbocycles. The number of rotatable bonds is 6. The molecular formula is C7H14Br2O2. The second-order valence-corrected chi connectivity index (χ2v) is 4.27. The van der Waals surface area contributed by atoms with Crippen molar-refractivity contribution in [1.29, 1.82) is 0 Å². The number of hydrogen-bond donors (Lipinski definition) is 0. The molecule has 0 aromatic rings. The van der Waals surface area contributed by atoms with Crippen molar-refractivity contribution in [3.63, 3.8) is 0 Å². The lowest BCUT2D eigenvalue weighted by Crippen LogP contribution is -2.04. The van der Waals surface area contributed by atoms with Gasteiger partial charge in [-0.2, -0.15) is 0 Å². The molecule has 2 atom stereocenters. The smallest absolute Gasteiger partial charge is 0.112 e. The molecule has 0 aromatic heterocycles. The van der Waals surface area contributed by atoms with Gasteiger partial charge in [-0.3, -0.25) is 0 Å². The van der Waals surface area contributed by atoms with Crippen molar-refractivity contribution >= 4 is 31.9 Å². The SMILES string of the molecule is COC(Br)CCCC(Br)OC. The van der Waals surface area contributed by atoms with Crippen molar-refractivity contribution < 1.29 is 9.47 Å². The molecule has 0 radical (unpaired) electrons. The maximum atomic E-state index is 5.03. The molecule has 0 N–H and O–H groups in total. The summed E-state index contributed by atoms with van der Waals surface area (Å²) >= 11 is 6.74. The third-order valence-corrected chi connectivity index (χ3v) is 3.04. The number of ether oxygens (including phenoxy) is 2. The van der Waals surface area contributed by atoms with Crippen LogP contribution in [0.15, 0.2) is 0 Å². The summed E-state index contributed by atoms with van der Waals surface area (Å²) in [5.74, 6) is 0. The summed E-state index contributed by atoms with van der Waals surface area (Å²) in [6, 6.07) is 0. The highest BCUT2D eigenvalue weighted by molar-refractivity contribution is 9.09. The first-order chi connectivity index (χ1) is 5.20. The van der Waals surface area contributed by atoms with Crippen LogP contribution in [-0.2, 0) is 9.47 Å². The molecule has 0 amide bonds. The molecule has 0 aliphatic heterocycles. The largest absolute Gasteiger partial charge is 0.370 e. The van der Waals surface area contributed by atoms with Gasteiger partial charge in [0.05, 0.1) is 0 Å². The fourth-order valence-electron chi connectivity index (χ4n) is 0.675. The summed E-state index contributed by atoms with van der Waals surface area (Å²) < 4.78 is 10.1. The third-order valence-electron chi connectivity index (χ3n) is 1.37. The maximum Gasteiger partial charge on any atom is 0.112 e. The van der Waals surface area contributed by atoms with Gasteiger partial charge in [-0.05, 0) is 19.3 Å². The van der Waals surface area contributed by atoms with Crippen LogP contribution in [0.25, 0.3) is 0 Å². The maximum absolute atomic E-state index is 5.03. The number of methoxy groups -OCH3 is 2. The van der Waals surface area contributed by atoms with Crippen LogP contribution in [0.2, 0.25) is 0 Å². The minimum absolute atomic E-state index is 0.180. The van der Waals surface area contributed by atoms with Crippen LogP contribution in [0.4, 0.5) is 0 Å². The first kappa shape index (κ1) is 11.9. The van der Waals surface area contributed by atoms with E-state index in [0.29, 0.717) is 0 Å². The second kappa shape index (κ2) is 7.53. The molecule has 4 heteroatoms. The zero-order valence-corrected chi connectivity index (χ0v) is 10.0. The molecule has 2 unspecified atom stereocenters. The van der Waals surface area contributed by atoms with Gasteiger partial charge >= 0.3 is 0 Å². The van der Waals surface area contributed by atoms with Crippen LogP contribution in [0.3, 0.4) is 0 Å². The van der Waals surface area contributed by atoms with E-state index in [4.69, 9.17) is 9.47 Å². The summed E-state index contributed by atoms with van der Waals surface area (Å²) in [6.45, 7) is 0. The van der Waals surface area contributed by atoms with Crippen molar-refractivity contribution in [1.82, 2.24) is 0 Å². The molecule has 0 saturated carbocycles. The highest BCUT2D eigenvalue weighted by Gasteiger charge is 2.04. The molecule has 0 saturated heterocycles. The van der Waals surface area contributed by atoms with E-state index in [9.17, 15) is 0 Å². The van der Waals surface area contributed by atoms with Crippen molar-refractivity contribution in [3.05, 3.63) is 0 Å². The van der Waals surface area contributed by atoms with Crippen molar-refractivity contribution in [2.24, 2.45) is 0 Å². The van der Waals surface area contributed by atoms with Gasteiger partial charge in [-0.15, -0.1) is 0 Å². The van der Waals surface area contributed by atoms with Gasteiger partial charge in [0.1, 0.15) is 10.0 Å². The van der Waals surface area contributed by atoms with Gasteiger partial charge in [0.25, 0.3) is 0 Å². The van der Waals surface area contributed by atoms with Gasteiger partial charge in [0.2, 0.25) is 0 Å². The van der Waals surface area contributed by atoms with Gasteiger partial charge < -0.3 is 9.47 Å². The molecule has 0 fully saturated rings. The molecule has 68 valence electrons. The average Bonchev–Trinajstić information content (AvgIpc) is 2.04. The van der Waals surface area contributed by atoms with Crippen LogP contribution in [-0.4, -0.2) is 24.2 Å². The number of alkyl halides is 2. The fourth-order valence-corrected chi connectivity index (χ4v) is 1.32. The Labute approximate surface area is 84.9 Å². The van der Waals surface area contributed by atoms with Crippen molar-refractivity contribution in [3.8, 4) is 0 Å². The Kier molecular flexibility index (Phi) is 8.13.